The Morgan fingerprint density at radius 3 is 2.55 bits per heavy atom. The van der Waals surface area contributed by atoms with E-state index >= 15 is 0 Å². The Bertz CT molecular complexity index is 647. The molecule has 1 aromatic heterocycles. The van der Waals surface area contributed by atoms with Crippen molar-refractivity contribution in [3.05, 3.63) is 65.0 Å². The predicted octanol–water partition coefficient (Wildman–Crippen LogP) is 4.04. The van der Waals surface area contributed by atoms with Gasteiger partial charge in [-0.25, -0.2) is 0 Å². The average Bonchev–Trinajstić information content (AvgIpc) is 2.73. The molecule has 22 heavy (non-hydrogen) atoms. The van der Waals surface area contributed by atoms with Gasteiger partial charge in [-0.2, -0.15) is 0 Å². The number of aromatic nitrogens is 1. The van der Waals surface area contributed by atoms with Crippen molar-refractivity contribution < 1.29 is 0 Å². The molecule has 0 radical (unpaired) electrons. The number of pyridine rings is 1. The van der Waals surface area contributed by atoms with Crippen LogP contribution in [0.3, 0.4) is 0 Å². The lowest BCUT2D eigenvalue weighted by atomic mass is 9.76. The molecule has 1 unspecified atom stereocenters. The van der Waals surface area contributed by atoms with E-state index < -0.39 is 0 Å². The highest BCUT2D eigenvalue weighted by Crippen LogP contribution is 2.41. The Kier molecular flexibility index (Phi) is 3.55. The molecule has 2 aromatic rings. The Labute approximate surface area is 132 Å². The van der Waals surface area contributed by atoms with Gasteiger partial charge < -0.3 is 4.90 Å². The summed E-state index contributed by atoms with van der Waals surface area (Å²) in [6.07, 6.45) is 8.94. The first-order valence-electron chi connectivity index (χ1n) is 8.23. The zero-order valence-electron chi connectivity index (χ0n) is 13.1. The van der Waals surface area contributed by atoms with Crippen molar-refractivity contribution in [3.63, 3.8) is 0 Å². The highest BCUT2D eigenvalue weighted by Gasteiger charge is 2.32. The number of piperidine rings is 1. The minimum absolute atomic E-state index is 0.427. The molecule has 0 amide bonds. The minimum atomic E-state index is 0.427. The molecule has 0 spiro atoms. The fourth-order valence-electron chi connectivity index (χ4n) is 3.94. The van der Waals surface area contributed by atoms with Crippen molar-refractivity contribution in [2.24, 2.45) is 5.92 Å². The molecule has 1 aliphatic heterocycles. The van der Waals surface area contributed by atoms with E-state index in [0.29, 0.717) is 11.8 Å². The maximum atomic E-state index is 4.79. The van der Waals surface area contributed by atoms with Gasteiger partial charge in [-0.15, -0.1) is 0 Å². The lowest BCUT2D eigenvalue weighted by molar-refractivity contribution is 0.206. The summed E-state index contributed by atoms with van der Waals surface area (Å²) in [5.74, 6) is 1.11. The second-order valence-electron chi connectivity index (χ2n) is 6.56. The van der Waals surface area contributed by atoms with Crippen LogP contribution in [0.4, 0.5) is 0 Å². The lowest BCUT2D eigenvalue weighted by Crippen LogP contribution is -2.33. The molecule has 0 saturated carbocycles. The molecule has 1 fully saturated rings. The Morgan fingerprint density at radius 1 is 0.955 bits per heavy atom. The molecule has 2 nitrogen and oxygen atoms in total. The number of hydrogen-bond acceptors (Lipinski definition) is 2. The molecular weight excluding hydrogens is 268 g/mol. The highest BCUT2D eigenvalue weighted by molar-refractivity contribution is 5.75. The van der Waals surface area contributed by atoms with Crippen molar-refractivity contribution in [2.45, 2.75) is 18.8 Å². The minimum Gasteiger partial charge on any atom is -0.306 e. The zero-order chi connectivity index (χ0) is 14.9. The molecule has 0 bridgehead atoms. The van der Waals surface area contributed by atoms with E-state index in [9.17, 15) is 0 Å². The maximum absolute atomic E-state index is 4.79. The van der Waals surface area contributed by atoms with Gasteiger partial charge in [0.05, 0.1) is 5.69 Å². The van der Waals surface area contributed by atoms with E-state index in [1.54, 1.807) is 0 Å². The predicted molar refractivity (Wildman–Crippen MR) is 91.7 cm³/mol. The second kappa shape index (κ2) is 5.69. The van der Waals surface area contributed by atoms with E-state index in [0.717, 1.165) is 0 Å². The number of likely N-dealkylation sites (tertiary alicyclic amines) is 1. The SMILES string of the molecule is CN1CCC(C2c3ccccc3C=Cc3cccnc32)CC1. The first-order chi connectivity index (χ1) is 10.8. The van der Waals surface area contributed by atoms with Crippen molar-refractivity contribution in [1.29, 1.82) is 0 Å². The summed E-state index contributed by atoms with van der Waals surface area (Å²) >= 11 is 0. The number of nitrogens with zero attached hydrogens (tertiary/aromatic N) is 2. The summed E-state index contributed by atoms with van der Waals surface area (Å²) in [5.41, 5.74) is 5.34. The van der Waals surface area contributed by atoms with Crippen LogP contribution in [-0.4, -0.2) is 30.0 Å². The molecule has 1 atom stereocenters. The van der Waals surface area contributed by atoms with Gasteiger partial charge in [0.1, 0.15) is 0 Å². The molecule has 2 aliphatic rings. The van der Waals surface area contributed by atoms with Crippen molar-refractivity contribution in [1.82, 2.24) is 9.88 Å². The highest BCUT2D eigenvalue weighted by atomic mass is 15.1. The lowest BCUT2D eigenvalue weighted by Gasteiger charge is -2.35. The molecular formula is C20H22N2. The van der Waals surface area contributed by atoms with E-state index in [1.165, 1.54) is 48.3 Å². The van der Waals surface area contributed by atoms with Gasteiger partial charge in [0.2, 0.25) is 0 Å². The summed E-state index contributed by atoms with van der Waals surface area (Å²) in [6, 6.07) is 13.1. The van der Waals surface area contributed by atoms with Gasteiger partial charge >= 0.3 is 0 Å². The fourth-order valence-corrected chi connectivity index (χ4v) is 3.94. The molecule has 1 aromatic carbocycles. The number of rotatable bonds is 1. The first-order valence-corrected chi connectivity index (χ1v) is 8.23. The summed E-state index contributed by atoms with van der Waals surface area (Å²) in [7, 11) is 2.23. The van der Waals surface area contributed by atoms with Crippen molar-refractivity contribution in [2.75, 3.05) is 20.1 Å². The number of hydrogen-bond donors (Lipinski definition) is 0. The monoisotopic (exact) mass is 290 g/mol. The molecule has 1 aliphatic carbocycles. The van der Waals surface area contributed by atoms with Crippen LogP contribution in [0.5, 0.6) is 0 Å². The van der Waals surface area contributed by atoms with Crippen LogP contribution >= 0.6 is 0 Å². The van der Waals surface area contributed by atoms with E-state index in [-0.39, 0.29) is 0 Å². The van der Waals surface area contributed by atoms with Gasteiger partial charge in [-0.05, 0) is 61.7 Å². The zero-order valence-corrected chi connectivity index (χ0v) is 13.1. The van der Waals surface area contributed by atoms with E-state index in [2.05, 4.69) is 54.4 Å². The third-order valence-corrected chi connectivity index (χ3v) is 5.17. The van der Waals surface area contributed by atoms with Crippen LogP contribution in [0, 0.1) is 5.92 Å². The van der Waals surface area contributed by atoms with Gasteiger partial charge in [0.15, 0.2) is 0 Å². The quantitative estimate of drug-likeness (QED) is 0.788. The summed E-state index contributed by atoms with van der Waals surface area (Å²) in [5, 5.41) is 0. The van der Waals surface area contributed by atoms with Crippen LogP contribution in [0.25, 0.3) is 12.2 Å². The third-order valence-electron chi connectivity index (χ3n) is 5.17. The number of fused-ring (bicyclic) bond motifs is 2. The summed E-state index contributed by atoms with van der Waals surface area (Å²) in [6.45, 7) is 2.39. The molecule has 112 valence electrons. The van der Waals surface area contributed by atoms with Gasteiger partial charge in [0, 0.05) is 12.1 Å². The van der Waals surface area contributed by atoms with Crippen molar-refractivity contribution >= 4 is 12.2 Å². The molecule has 0 N–H and O–H groups in total. The van der Waals surface area contributed by atoms with E-state index in [4.69, 9.17) is 4.98 Å². The standard InChI is InChI=1S/C20H22N2/c1-22-13-10-16(11-14-22)19-18-7-3-2-5-15(18)8-9-17-6-4-12-21-20(17)19/h2-9,12,16,19H,10-11,13-14H2,1H3. The molecule has 2 heterocycles. The van der Waals surface area contributed by atoms with Gasteiger partial charge in [0.25, 0.3) is 0 Å². The number of benzene rings is 1. The normalized spacial score (nSPS) is 22.0. The molecule has 4 rings (SSSR count). The summed E-state index contributed by atoms with van der Waals surface area (Å²) < 4.78 is 0. The molecule has 1 saturated heterocycles. The third kappa shape index (κ3) is 2.38. The van der Waals surface area contributed by atoms with Gasteiger partial charge in [-0.3, -0.25) is 4.98 Å². The fraction of sp³-hybridized carbons (Fsp3) is 0.350. The van der Waals surface area contributed by atoms with Crippen LogP contribution in [0.1, 0.15) is 41.1 Å². The molecule has 2 heteroatoms. The van der Waals surface area contributed by atoms with Crippen LogP contribution < -0.4 is 0 Å². The van der Waals surface area contributed by atoms with Crippen LogP contribution in [-0.2, 0) is 0 Å². The Hall–Kier alpha value is -1.93. The van der Waals surface area contributed by atoms with Gasteiger partial charge in [-0.1, -0.05) is 42.5 Å². The summed E-state index contributed by atoms with van der Waals surface area (Å²) in [4.78, 5) is 7.23. The van der Waals surface area contributed by atoms with E-state index in [1.807, 2.05) is 12.3 Å². The first kappa shape index (κ1) is 13.7. The van der Waals surface area contributed by atoms with Crippen molar-refractivity contribution in [3.8, 4) is 0 Å². The van der Waals surface area contributed by atoms with Crippen LogP contribution in [0.2, 0.25) is 0 Å². The maximum Gasteiger partial charge on any atom is 0.0553 e. The van der Waals surface area contributed by atoms with Crippen LogP contribution in [0.15, 0.2) is 42.6 Å². The Balaban J connectivity index is 1.83. The average molecular weight is 290 g/mol. The smallest absolute Gasteiger partial charge is 0.0553 e. The largest absolute Gasteiger partial charge is 0.306 e. The topological polar surface area (TPSA) is 16.1 Å². The Morgan fingerprint density at radius 2 is 1.68 bits per heavy atom. The second-order valence-corrected chi connectivity index (χ2v) is 6.56.